The molecule has 0 spiro atoms. The number of aromatic amines is 1. The minimum atomic E-state index is -1.11. The van der Waals surface area contributed by atoms with Crippen LogP contribution >= 0.6 is 23.2 Å². The van der Waals surface area contributed by atoms with E-state index < -0.39 is 13.4 Å². The van der Waals surface area contributed by atoms with Gasteiger partial charge in [-0.05, 0) is 54.8 Å². The van der Waals surface area contributed by atoms with Gasteiger partial charge in [0.25, 0.3) is 0 Å². The molecular formula is C24H21BCl2N2O3. The van der Waals surface area contributed by atoms with E-state index in [1.54, 1.807) is 24.5 Å². The predicted octanol–water partition coefficient (Wildman–Crippen LogP) is 6.58. The van der Waals surface area contributed by atoms with Gasteiger partial charge < -0.3 is 18.9 Å². The molecule has 0 saturated heterocycles. The molecule has 4 aromatic rings. The summed E-state index contributed by atoms with van der Waals surface area (Å²) >= 11 is 12.6. The zero-order valence-electron chi connectivity index (χ0n) is 17.6. The molecule has 0 saturated carbocycles. The Morgan fingerprint density at radius 3 is 1.94 bits per heavy atom. The summed E-state index contributed by atoms with van der Waals surface area (Å²) in [5, 5.41) is 1.18. The van der Waals surface area contributed by atoms with Gasteiger partial charge in [-0.3, -0.25) is 0 Å². The molecule has 5 nitrogen and oxygen atoms in total. The molecule has 0 aliphatic heterocycles. The summed E-state index contributed by atoms with van der Waals surface area (Å²) in [6, 6.07) is 20.5. The zero-order chi connectivity index (χ0) is 22.5. The van der Waals surface area contributed by atoms with Crippen molar-refractivity contribution in [3.8, 4) is 11.5 Å². The van der Waals surface area contributed by atoms with Crippen LogP contribution in [0.25, 0.3) is 0 Å². The average molecular weight is 467 g/mol. The van der Waals surface area contributed by atoms with Crippen LogP contribution in [-0.2, 0) is 4.65 Å². The van der Waals surface area contributed by atoms with Crippen LogP contribution < -0.4 is 9.31 Å². The number of benzene rings is 3. The lowest BCUT2D eigenvalue weighted by Gasteiger charge is -2.22. The Bertz CT molecular complexity index is 1120. The molecule has 0 bridgehead atoms. The quantitative estimate of drug-likeness (QED) is 0.298. The summed E-state index contributed by atoms with van der Waals surface area (Å²) in [6.45, 7) is 3.85. The van der Waals surface area contributed by atoms with E-state index >= 15 is 0 Å². The van der Waals surface area contributed by atoms with E-state index in [4.69, 9.17) is 37.2 Å². The van der Waals surface area contributed by atoms with Crippen LogP contribution in [-0.4, -0.2) is 17.3 Å². The molecule has 1 unspecified atom stereocenters. The molecule has 1 heterocycles. The summed E-state index contributed by atoms with van der Waals surface area (Å²) in [4.78, 5) is 7.49. The highest BCUT2D eigenvalue weighted by atomic mass is 35.5. The van der Waals surface area contributed by atoms with Crippen LogP contribution in [0.3, 0.4) is 0 Å². The van der Waals surface area contributed by atoms with Crippen molar-refractivity contribution in [2.75, 3.05) is 0 Å². The highest BCUT2D eigenvalue weighted by Crippen LogP contribution is 2.29. The van der Waals surface area contributed by atoms with Crippen molar-refractivity contribution in [2.45, 2.75) is 20.0 Å². The van der Waals surface area contributed by atoms with Gasteiger partial charge in [0.15, 0.2) is 0 Å². The third-order valence-electron chi connectivity index (χ3n) is 4.87. The van der Waals surface area contributed by atoms with Crippen LogP contribution in [0.15, 0.2) is 79.1 Å². The van der Waals surface area contributed by atoms with Gasteiger partial charge in [0.1, 0.15) is 23.4 Å². The number of hydrogen-bond donors (Lipinski definition) is 1. The molecule has 0 radical (unpaired) electrons. The van der Waals surface area contributed by atoms with Gasteiger partial charge in [0.05, 0.1) is 0 Å². The maximum Gasteiger partial charge on any atom is 0.788 e. The van der Waals surface area contributed by atoms with Crippen molar-refractivity contribution >= 4 is 30.5 Å². The number of imidazole rings is 1. The van der Waals surface area contributed by atoms with E-state index in [9.17, 15) is 0 Å². The third-order valence-corrected chi connectivity index (χ3v) is 5.68. The first-order chi connectivity index (χ1) is 15.5. The van der Waals surface area contributed by atoms with Gasteiger partial charge in [-0.25, -0.2) is 4.98 Å². The van der Waals surface area contributed by atoms with Gasteiger partial charge >= 0.3 is 7.32 Å². The minimum Gasteiger partial charge on any atom is -0.501 e. The Balaban J connectivity index is 1.66. The fraction of sp³-hybridized carbons (Fsp3) is 0.125. The molecule has 1 aromatic heterocycles. The third kappa shape index (κ3) is 5.46. The number of hydrogen-bond acceptors (Lipinski definition) is 4. The zero-order valence-corrected chi connectivity index (χ0v) is 19.1. The van der Waals surface area contributed by atoms with Crippen molar-refractivity contribution in [2.24, 2.45) is 0 Å². The van der Waals surface area contributed by atoms with Crippen LogP contribution in [0.2, 0.25) is 10.0 Å². The Hall–Kier alpha value is -2.93. The molecule has 4 rings (SSSR count). The van der Waals surface area contributed by atoms with Crippen molar-refractivity contribution in [1.29, 1.82) is 0 Å². The molecule has 32 heavy (non-hydrogen) atoms. The summed E-state index contributed by atoms with van der Waals surface area (Å²) < 4.78 is 18.4. The Morgan fingerprint density at radius 1 is 0.844 bits per heavy atom. The van der Waals surface area contributed by atoms with Gasteiger partial charge in [-0.2, -0.15) is 0 Å². The van der Waals surface area contributed by atoms with Crippen LogP contribution in [0.1, 0.15) is 28.6 Å². The van der Waals surface area contributed by atoms with E-state index in [2.05, 4.69) is 9.97 Å². The first kappa shape index (κ1) is 22.3. The van der Waals surface area contributed by atoms with Crippen LogP contribution in [0, 0.1) is 13.8 Å². The molecule has 0 fully saturated rings. The molecule has 0 amide bonds. The van der Waals surface area contributed by atoms with Gasteiger partial charge in [0, 0.05) is 22.4 Å². The SMILES string of the molecule is Cc1ccc(OB(Oc2ccc(C)c(Cl)c2)OC(c2ccccc2)c2ncc[nH]2)cc1Cl. The monoisotopic (exact) mass is 466 g/mol. The second kappa shape index (κ2) is 10.1. The van der Waals surface area contributed by atoms with Crippen molar-refractivity contribution in [3.05, 3.63) is 112 Å². The number of H-pyrrole nitrogens is 1. The Labute approximate surface area is 197 Å². The summed E-state index contributed by atoms with van der Waals surface area (Å²) in [5.41, 5.74) is 2.78. The highest BCUT2D eigenvalue weighted by Gasteiger charge is 2.34. The lowest BCUT2D eigenvalue weighted by atomic mass is 10.1. The number of rotatable bonds is 8. The summed E-state index contributed by atoms with van der Waals surface area (Å²) in [5.74, 6) is 1.64. The lowest BCUT2D eigenvalue weighted by Crippen LogP contribution is -2.36. The first-order valence-corrected chi connectivity index (χ1v) is 10.8. The van der Waals surface area contributed by atoms with E-state index in [1.165, 1.54) is 0 Å². The molecule has 0 aliphatic carbocycles. The highest BCUT2D eigenvalue weighted by molar-refractivity contribution is 6.39. The fourth-order valence-corrected chi connectivity index (χ4v) is 3.40. The van der Waals surface area contributed by atoms with Gasteiger partial charge in [-0.1, -0.05) is 65.7 Å². The normalized spacial score (nSPS) is 11.8. The van der Waals surface area contributed by atoms with Gasteiger partial charge in [-0.15, -0.1) is 0 Å². The summed E-state index contributed by atoms with van der Waals surface area (Å²) in [7, 11) is -1.11. The fourth-order valence-electron chi connectivity index (χ4n) is 3.06. The summed E-state index contributed by atoms with van der Waals surface area (Å²) in [6.07, 6.45) is 2.86. The first-order valence-electron chi connectivity index (χ1n) is 10.0. The standard InChI is InChI=1S/C24H21BCl2N2O3/c1-16-8-10-19(14-21(16)26)30-25(31-20-11-9-17(2)22(27)15-20)32-23(24-28-12-13-29-24)18-6-4-3-5-7-18/h3-15,23H,1-2H3,(H,28,29). The number of nitrogens with zero attached hydrogens (tertiary/aromatic N) is 1. The molecule has 162 valence electrons. The molecule has 1 N–H and O–H groups in total. The van der Waals surface area contributed by atoms with Crippen molar-refractivity contribution in [3.63, 3.8) is 0 Å². The molecule has 8 heteroatoms. The van der Waals surface area contributed by atoms with E-state index in [0.29, 0.717) is 27.4 Å². The van der Waals surface area contributed by atoms with E-state index in [0.717, 1.165) is 16.7 Å². The maximum atomic E-state index is 6.30. The van der Waals surface area contributed by atoms with Crippen molar-refractivity contribution in [1.82, 2.24) is 9.97 Å². The number of aromatic nitrogens is 2. The van der Waals surface area contributed by atoms with Crippen molar-refractivity contribution < 1.29 is 14.0 Å². The largest absolute Gasteiger partial charge is 0.788 e. The lowest BCUT2D eigenvalue weighted by molar-refractivity contribution is 0.151. The van der Waals surface area contributed by atoms with E-state index in [1.807, 2.05) is 68.4 Å². The molecular weight excluding hydrogens is 446 g/mol. The molecule has 0 aliphatic rings. The van der Waals surface area contributed by atoms with Gasteiger partial charge in [0.2, 0.25) is 0 Å². The second-order valence-electron chi connectivity index (χ2n) is 7.25. The smallest absolute Gasteiger partial charge is 0.501 e. The number of halogens is 2. The molecule has 3 aromatic carbocycles. The predicted molar refractivity (Wildman–Crippen MR) is 127 cm³/mol. The topological polar surface area (TPSA) is 56.4 Å². The number of nitrogens with one attached hydrogen (secondary N) is 1. The minimum absolute atomic E-state index is 0.509. The number of aryl methyl sites for hydroxylation is 2. The van der Waals surface area contributed by atoms with E-state index in [-0.39, 0.29) is 0 Å². The van der Waals surface area contributed by atoms with Crippen LogP contribution in [0.5, 0.6) is 11.5 Å². The molecule has 1 atom stereocenters. The second-order valence-corrected chi connectivity index (χ2v) is 8.06. The Morgan fingerprint density at radius 2 is 1.44 bits per heavy atom. The average Bonchev–Trinajstić information content (AvgIpc) is 3.32. The van der Waals surface area contributed by atoms with Crippen LogP contribution in [0.4, 0.5) is 0 Å². The maximum absolute atomic E-state index is 6.30. The Kier molecular flexibility index (Phi) is 7.05.